The Kier molecular flexibility index (Phi) is 8.90. The second-order valence-corrected chi connectivity index (χ2v) is 5.67. The molecule has 19 heavy (non-hydrogen) atoms. The number of hydrogen-bond acceptors (Lipinski definition) is 6. The molecule has 0 aliphatic carbocycles. The van der Waals surface area contributed by atoms with Crippen molar-refractivity contribution in [2.45, 2.75) is 38.7 Å². The van der Waals surface area contributed by atoms with Gasteiger partial charge < -0.3 is 14.8 Å². The van der Waals surface area contributed by atoms with Gasteiger partial charge in [0.05, 0.1) is 12.7 Å². The summed E-state index contributed by atoms with van der Waals surface area (Å²) in [6, 6.07) is 0. The molecule has 0 aromatic carbocycles. The van der Waals surface area contributed by atoms with Crippen LogP contribution in [0.2, 0.25) is 0 Å². The summed E-state index contributed by atoms with van der Waals surface area (Å²) in [5.74, 6) is 0. The number of nitrogens with one attached hydrogen (secondary N) is 1. The van der Waals surface area contributed by atoms with Crippen LogP contribution in [0.5, 0.6) is 0 Å². The third-order valence-electron chi connectivity index (χ3n) is 2.90. The summed E-state index contributed by atoms with van der Waals surface area (Å²) in [6.45, 7) is 4.75. The largest absolute Gasteiger partial charge is 0.383 e. The third-order valence-corrected chi connectivity index (χ3v) is 3.95. The topological polar surface area (TPSA) is 56.3 Å². The number of rotatable bonds is 11. The second-order valence-electron chi connectivity index (χ2n) is 4.52. The molecular weight excluding hydrogens is 262 g/mol. The van der Waals surface area contributed by atoms with Gasteiger partial charge in [-0.05, 0) is 26.3 Å². The van der Waals surface area contributed by atoms with Crippen LogP contribution < -0.4 is 5.32 Å². The Labute approximate surface area is 119 Å². The number of aryl methyl sites for hydroxylation is 2. The van der Waals surface area contributed by atoms with E-state index in [0.29, 0.717) is 0 Å². The van der Waals surface area contributed by atoms with E-state index in [-0.39, 0.29) is 6.10 Å². The fourth-order valence-corrected chi connectivity index (χ4v) is 2.50. The molecule has 1 rings (SSSR count). The highest BCUT2D eigenvalue weighted by molar-refractivity contribution is 7.11. The highest BCUT2D eigenvalue weighted by atomic mass is 32.1. The van der Waals surface area contributed by atoms with Crippen molar-refractivity contribution in [1.29, 1.82) is 0 Å². The van der Waals surface area contributed by atoms with Gasteiger partial charge in [-0.25, -0.2) is 0 Å². The maximum Gasteiger partial charge on any atom is 0.117 e. The summed E-state index contributed by atoms with van der Waals surface area (Å²) in [5.41, 5.74) is 0. The average Bonchev–Trinajstić information content (AvgIpc) is 2.88. The van der Waals surface area contributed by atoms with Gasteiger partial charge in [-0.3, -0.25) is 0 Å². The molecule has 1 unspecified atom stereocenters. The van der Waals surface area contributed by atoms with E-state index in [0.717, 1.165) is 55.4 Å². The van der Waals surface area contributed by atoms with Gasteiger partial charge in [0.25, 0.3) is 0 Å². The van der Waals surface area contributed by atoms with Gasteiger partial charge in [0.1, 0.15) is 10.0 Å². The number of aromatic nitrogens is 2. The highest BCUT2D eigenvalue weighted by Gasteiger charge is 2.06. The van der Waals surface area contributed by atoms with Crippen molar-refractivity contribution in [2.24, 2.45) is 0 Å². The van der Waals surface area contributed by atoms with Gasteiger partial charge >= 0.3 is 0 Å². The third kappa shape index (κ3) is 7.57. The van der Waals surface area contributed by atoms with E-state index in [9.17, 15) is 0 Å². The summed E-state index contributed by atoms with van der Waals surface area (Å²) in [4.78, 5) is 0. The summed E-state index contributed by atoms with van der Waals surface area (Å²) in [7, 11) is 3.46. The molecule has 110 valence electrons. The molecule has 0 saturated heterocycles. The van der Waals surface area contributed by atoms with Crippen LogP contribution >= 0.6 is 11.3 Å². The van der Waals surface area contributed by atoms with Gasteiger partial charge in [0, 0.05) is 33.6 Å². The zero-order chi connectivity index (χ0) is 13.9. The molecule has 0 bridgehead atoms. The number of methoxy groups -OCH3 is 2. The molecule has 1 N–H and O–H groups in total. The first-order valence-corrected chi connectivity index (χ1v) is 7.61. The lowest BCUT2D eigenvalue weighted by molar-refractivity contribution is 0.111. The molecule has 0 aliphatic rings. The molecule has 0 saturated carbocycles. The van der Waals surface area contributed by atoms with Crippen molar-refractivity contribution >= 4 is 11.3 Å². The molecule has 5 nitrogen and oxygen atoms in total. The molecule has 1 aromatic rings. The normalized spacial score (nSPS) is 12.8. The number of nitrogens with zero attached hydrogens (tertiary/aromatic N) is 2. The minimum atomic E-state index is 0.289. The van der Waals surface area contributed by atoms with Crippen molar-refractivity contribution < 1.29 is 9.47 Å². The minimum Gasteiger partial charge on any atom is -0.383 e. The summed E-state index contributed by atoms with van der Waals surface area (Å²) in [6.07, 6.45) is 4.34. The fourth-order valence-electron chi connectivity index (χ4n) is 1.60. The van der Waals surface area contributed by atoms with E-state index in [4.69, 9.17) is 9.47 Å². The highest BCUT2D eigenvalue weighted by Crippen LogP contribution is 2.14. The summed E-state index contributed by atoms with van der Waals surface area (Å²) in [5, 5.41) is 14.0. The molecule has 0 aliphatic heterocycles. The second kappa shape index (κ2) is 10.3. The van der Waals surface area contributed by atoms with Gasteiger partial charge in [-0.1, -0.05) is 0 Å². The maximum absolute atomic E-state index is 5.23. The molecule has 6 heteroatoms. The maximum atomic E-state index is 5.23. The number of ether oxygens (including phenoxy) is 2. The van der Waals surface area contributed by atoms with E-state index in [1.165, 1.54) is 0 Å². The smallest absolute Gasteiger partial charge is 0.117 e. The Morgan fingerprint density at radius 3 is 2.58 bits per heavy atom. The van der Waals surface area contributed by atoms with E-state index >= 15 is 0 Å². The predicted octanol–water partition coefficient (Wildman–Crippen LogP) is 1.67. The molecule has 0 fully saturated rings. The molecular formula is C13H25N3O2S. The Morgan fingerprint density at radius 2 is 1.89 bits per heavy atom. The lowest BCUT2D eigenvalue weighted by Gasteiger charge is -2.06. The average molecular weight is 287 g/mol. The Morgan fingerprint density at radius 1 is 1.16 bits per heavy atom. The predicted molar refractivity (Wildman–Crippen MR) is 77.8 cm³/mol. The van der Waals surface area contributed by atoms with E-state index in [1.807, 2.05) is 0 Å². The van der Waals surface area contributed by atoms with E-state index in [2.05, 4.69) is 22.4 Å². The molecule has 0 amide bonds. The quantitative estimate of drug-likeness (QED) is 0.628. The lowest BCUT2D eigenvalue weighted by atomic mass is 10.2. The van der Waals surface area contributed by atoms with Gasteiger partial charge in [-0.2, -0.15) is 0 Å². The van der Waals surface area contributed by atoms with Crippen molar-refractivity contribution in [3.63, 3.8) is 0 Å². The summed E-state index contributed by atoms with van der Waals surface area (Å²) >= 11 is 1.72. The van der Waals surface area contributed by atoms with Gasteiger partial charge in [0.2, 0.25) is 0 Å². The van der Waals surface area contributed by atoms with Crippen LogP contribution in [0, 0.1) is 0 Å². The first kappa shape index (κ1) is 16.5. The lowest BCUT2D eigenvalue weighted by Crippen LogP contribution is -2.20. The first-order chi connectivity index (χ1) is 9.26. The van der Waals surface area contributed by atoms with Crippen LogP contribution in [0.4, 0.5) is 0 Å². The van der Waals surface area contributed by atoms with Crippen molar-refractivity contribution in [3.8, 4) is 0 Å². The van der Waals surface area contributed by atoms with Crippen LogP contribution in [-0.2, 0) is 22.3 Å². The van der Waals surface area contributed by atoms with Crippen LogP contribution in [0.15, 0.2) is 0 Å². The Balaban J connectivity index is 2.12. The molecule has 1 heterocycles. The molecule has 1 atom stereocenters. The zero-order valence-electron chi connectivity index (χ0n) is 12.1. The molecule has 0 radical (unpaired) electrons. The van der Waals surface area contributed by atoms with Crippen LogP contribution in [0.1, 0.15) is 29.8 Å². The van der Waals surface area contributed by atoms with Gasteiger partial charge in [-0.15, -0.1) is 21.5 Å². The van der Waals surface area contributed by atoms with Crippen molar-refractivity contribution in [3.05, 3.63) is 10.0 Å². The van der Waals surface area contributed by atoms with Crippen LogP contribution in [-0.4, -0.2) is 50.2 Å². The molecule has 0 spiro atoms. The Hall–Kier alpha value is -0.560. The fraction of sp³-hybridized carbons (Fsp3) is 0.846. The van der Waals surface area contributed by atoms with Crippen molar-refractivity contribution in [2.75, 3.05) is 33.9 Å². The van der Waals surface area contributed by atoms with Crippen LogP contribution in [0.3, 0.4) is 0 Å². The molecule has 1 aromatic heterocycles. The Bertz CT molecular complexity index is 333. The first-order valence-electron chi connectivity index (χ1n) is 6.80. The minimum absolute atomic E-state index is 0.289. The van der Waals surface area contributed by atoms with Crippen molar-refractivity contribution in [1.82, 2.24) is 15.5 Å². The van der Waals surface area contributed by atoms with E-state index < -0.39 is 0 Å². The summed E-state index contributed by atoms with van der Waals surface area (Å²) < 4.78 is 10.2. The monoisotopic (exact) mass is 287 g/mol. The zero-order valence-corrected chi connectivity index (χ0v) is 13.0. The standard InChI is InChI=1S/C13H25N3O2S/c1-11(18-3)6-7-13-16-15-12(19-13)5-4-8-14-9-10-17-2/h11,14H,4-10H2,1-3H3. The number of hydrogen-bond donors (Lipinski definition) is 1. The SMILES string of the molecule is COCCNCCCc1nnc(CCC(C)OC)s1. The van der Waals surface area contributed by atoms with Crippen LogP contribution in [0.25, 0.3) is 0 Å². The van der Waals surface area contributed by atoms with E-state index in [1.54, 1.807) is 25.6 Å². The van der Waals surface area contributed by atoms with Gasteiger partial charge in [0.15, 0.2) is 0 Å².